The Labute approximate surface area is 89.2 Å². The van der Waals surface area contributed by atoms with E-state index in [1.165, 1.54) is 56.4 Å². The first-order chi connectivity index (χ1) is 5.93. The Morgan fingerprint density at radius 3 is 2.58 bits per heavy atom. The normalized spacial score (nSPS) is 18.8. The summed E-state index contributed by atoms with van der Waals surface area (Å²) in [6, 6.07) is 0. The minimum Gasteiger partial charge on any atom is -0.316 e. The van der Waals surface area contributed by atoms with Gasteiger partial charge in [0.05, 0.1) is 0 Å². The second-order valence-electron chi connectivity index (χ2n) is 3.34. The van der Waals surface area contributed by atoms with Gasteiger partial charge in [-0.15, -0.1) is 0 Å². The molecule has 1 aliphatic rings. The number of hydrogen-bond donors (Lipinski definition) is 1. The highest BCUT2D eigenvalue weighted by molar-refractivity contribution is 14.1. The Bertz CT molecular complexity index is 103. The fourth-order valence-electron chi connectivity index (χ4n) is 1.63. The van der Waals surface area contributed by atoms with Crippen LogP contribution in [0.4, 0.5) is 0 Å². The zero-order chi connectivity index (χ0) is 8.65. The SMILES string of the molecule is ICCNCCCN1CCCC1. The van der Waals surface area contributed by atoms with Crippen LogP contribution < -0.4 is 5.32 Å². The maximum atomic E-state index is 3.42. The van der Waals surface area contributed by atoms with Crippen molar-refractivity contribution in [3.05, 3.63) is 0 Å². The van der Waals surface area contributed by atoms with Crippen molar-refractivity contribution < 1.29 is 0 Å². The van der Waals surface area contributed by atoms with Gasteiger partial charge in [-0.2, -0.15) is 0 Å². The molecule has 1 N–H and O–H groups in total. The van der Waals surface area contributed by atoms with Crippen molar-refractivity contribution in [2.75, 3.05) is 37.2 Å². The van der Waals surface area contributed by atoms with Gasteiger partial charge >= 0.3 is 0 Å². The molecule has 0 atom stereocenters. The third-order valence-corrected chi connectivity index (χ3v) is 2.84. The van der Waals surface area contributed by atoms with Crippen LogP contribution in [0.15, 0.2) is 0 Å². The summed E-state index contributed by atoms with van der Waals surface area (Å²) in [6.07, 6.45) is 4.15. The van der Waals surface area contributed by atoms with E-state index in [4.69, 9.17) is 0 Å². The summed E-state index contributed by atoms with van der Waals surface area (Å²) >= 11 is 2.40. The number of likely N-dealkylation sites (tertiary alicyclic amines) is 1. The molecule has 1 saturated heterocycles. The minimum absolute atomic E-state index is 1.17. The molecule has 0 aromatic rings. The average molecular weight is 282 g/mol. The summed E-state index contributed by atoms with van der Waals surface area (Å²) in [5, 5.41) is 3.42. The van der Waals surface area contributed by atoms with Gasteiger partial charge in [0.2, 0.25) is 0 Å². The number of nitrogens with zero attached hydrogens (tertiary/aromatic N) is 1. The number of hydrogen-bond acceptors (Lipinski definition) is 2. The first kappa shape index (κ1) is 10.7. The number of halogens is 1. The van der Waals surface area contributed by atoms with Gasteiger partial charge in [-0.05, 0) is 45.4 Å². The molecule has 1 fully saturated rings. The van der Waals surface area contributed by atoms with Gasteiger partial charge < -0.3 is 10.2 Å². The van der Waals surface area contributed by atoms with E-state index in [1.807, 2.05) is 0 Å². The quantitative estimate of drug-likeness (QED) is 0.451. The molecular formula is C9H19IN2. The van der Waals surface area contributed by atoms with Crippen molar-refractivity contribution >= 4 is 22.6 Å². The van der Waals surface area contributed by atoms with Crippen molar-refractivity contribution in [2.45, 2.75) is 19.3 Å². The number of nitrogens with one attached hydrogen (secondary N) is 1. The molecule has 0 bridgehead atoms. The second-order valence-corrected chi connectivity index (χ2v) is 4.42. The zero-order valence-electron chi connectivity index (χ0n) is 7.69. The van der Waals surface area contributed by atoms with E-state index in [2.05, 4.69) is 32.8 Å². The fourth-order valence-corrected chi connectivity index (χ4v) is 2.01. The fraction of sp³-hybridized carbons (Fsp3) is 1.00. The summed E-state index contributed by atoms with van der Waals surface area (Å²) < 4.78 is 1.22. The van der Waals surface area contributed by atoms with Gasteiger partial charge in [-0.3, -0.25) is 0 Å². The van der Waals surface area contributed by atoms with Crippen LogP contribution >= 0.6 is 22.6 Å². The van der Waals surface area contributed by atoms with E-state index in [-0.39, 0.29) is 0 Å². The topological polar surface area (TPSA) is 15.3 Å². The standard InChI is InChI=1S/C9H19IN2/c10-4-6-11-5-3-9-12-7-1-2-8-12/h11H,1-9H2. The summed E-state index contributed by atoms with van der Waals surface area (Å²) in [4.78, 5) is 2.58. The largest absolute Gasteiger partial charge is 0.316 e. The Balaban J connectivity index is 1.81. The van der Waals surface area contributed by atoms with Gasteiger partial charge in [0.15, 0.2) is 0 Å². The van der Waals surface area contributed by atoms with E-state index >= 15 is 0 Å². The van der Waals surface area contributed by atoms with Crippen LogP contribution in [0, 0.1) is 0 Å². The molecule has 2 nitrogen and oxygen atoms in total. The summed E-state index contributed by atoms with van der Waals surface area (Å²) in [5.74, 6) is 0. The molecule has 0 saturated carbocycles. The van der Waals surface area contributed by atoms with E-state index in [0.29, 0.717) is 0 Å². The van der Waals surface area contributed by atoms with Crippen LogP contribution in [-0.4, -0.2) is 42.1 Å². The van der Waals surface area contributed by atoms with Gasteiger partial charge in [-0.25, -0.2) is 0 Å². The molecule has 3 heteroatoms. The Hall–Kier alpha value is 0.650. The predicted molar refractivity (Wildman–Crippen MR) is 62.0 cm³/mol. The van der Waals surface area contributed by atoms with Crippen LogP contribution in [0.3, 0.4) is 0 Å². The van der Waals surface area contributed by atoms with Gasteiger partial charge in [0.1, 0.15) is 0 Å². The van der Waals surface area contributed by atoms with Gasteiger partial charge in [-0.1, -0.05) is 22.6 Å². The second kappa shape index (κ2) is 7.09. The zero-order valence-corrected chi connectivity index (χ0v) is 9.85. The highest BCUT2D eigenvalue weighted by atomic mass is 127. The molecule has 0 unspecified atom stereocenters. The average Bonchev–Trinajstić information content (AvgIpc) is 2.57. The molecule has 72 valence electrons. The highest BCUT2D eigenvalue weighted by Crippen LogP contribution is 2.06. The molecule has 1 aliphatic heterocycles. The Morgan fingerprint density at radius 1 is 1.17 bits per heavy atom. The van der Waals surface area contributed by atoms with Crippen LogP contribution in [0.25, 0.3) is 0 Å². The van der Waals surface area contributed by atoms with Crippen molar-refractivity contribution in [3.63, 3.8) is 0 Å². The molecule has 1 heterocycles. The predicted octanol–water partition coefficient (Wildman–Crippen LogP) is 1.50. The maximum absolute atomic E-state index is 3.42. The molecule has 0 amide bonds. The molecule has 0 aliphatic carbocycles. The lowest BCUT2D eigenvalue weighted by Crippen LogP contribution is -2.25. The summed E-state index contributed by atoms with van der Waals surface area (Å²) in [7, 11) is 0. The lowest BCUT2D eigenvalue weighted by atomic mass is 10.4. The van der Waals surface area contributed by atoms with Crippen molar-refractivity contribution in [3.8, 4) is 0 Å². The summed E-state index contributed by atoms with van der Waals surface area (Å²) in [5.41, 5.74) is 0. The lowest BCUT2D eigenvalue weighted by Gasteiger charge is -2.13. The first-order valence-corrected chi connectivity index (χ1v) is 6.45. The maximum Gasteiger partial charge on any atom is 0.0121 e. The van der Waals surface area contributed by atoms with Crippen molar-refractivity contribution in [1.29, 1.82) is 0 Å². The van der Waals surface area contributed by atoms with Gasteiger partial charge in [0.25, 0.3) is 0 Å². The van der Waals surface area contributed by atoms with Crippen molar-refractivity contribution in [2.24, 2.45) is 0 Å². The molecule has 0 radical (unpaired) electrons. The van der Waals surface area contributed by atoms with Crippen LogP contribution in [-0.2, 0) is 0 Å². The molecule has 0 aromatic heterocycles. The van der Waals surface area contributed by atoms with E-state index in [1.54, 1.807) is 0 Å². The summed E-state index contributed by atoms with van der Waals surface area (Å²) in [6.45, 7) is 6.34. The van der Waals surface area contributed by atoms with Gasteiger partial charge in [0, 0.05) is 11.0 Å². The Morgan fingerprint density at radius 2 is 1.92 bits per heavy atom. The smallest absolute Gasteiger partial charge is 0.0121 e. The van der Waals surface area contributed by atoms with E-state index < -0.39 is 0 Å². The monoisotopic (exact) mass is 282 g/mol. The molecule has 0 spiro atoms. The highest BCUT2D eigenvalue weighted by Gasteiger charge is 2.09. The van der Waals surface area contributed by atoms with Crippen LogP contribution in [0.1, 0.15) is 19.3 Å². The minimum atomic E-state index is 1.17. The van der Waals surface area contributed by atoms with Crippen LogP contribution in [0.2, 0.25) is 0 Å². The first-order valence-electron chi connectivity index (χ1n) is 4.92. The number of rotatable bonds is 6. The lowest BCUT2D eigenvalue weighted by molar-refractivity contribution is 0.332. The Kier molecular flexibility index (Phi) is 6.34. The molecule has 0 aromatic carbocycles. The van der Waals surface area contributed by atoms with Crippen molar-refractivity contribution in [1.82, 2.24) is 10.2 Å². The molecular weight excluding hydrogens is 263 g/mol. The molecule has 12 heavy (non-hydrogen) atoms. The number of alkyl halides is 1. The molecule has 1 rings (SSSR count). The third kappa shape index (κ3) is 4.62. The third-order valence-electron chi connectivity index (χ3n) is 2.30. The van der Waals surface area contributed by atoms with Crippen LogP contribution in [0.5, 0.6) is 0 Å². The van der Waals surface area contributed by atoms with E-state index in [9.17, 15) is 0 Å². The van der Waals surface area contributed by atoms with E-state index in [0.717, 1.165) is 0 Å².